The molecule has 0 unspecified atom stereocenters. The Labute approximate surface area is 115 Å². The Kier molecular flexibility index (Phi) is 3.73. The summed E-state index contributed by atoms with van der Waals surface area (Å²) < 4.78 is 0. The summed E-state index contributed by atoms with van der Waals surface area (Å²) in [6.07, 6.45) is 6.98. The third-order valence-electron chi connectivity index (χ3n) is 4.85. The van der Waals surface area contributed by atoms with E-state index in [2.05, 4.69) is 33.7 Å². The van der Waals surface area contributed by atoms with Gasteiger partial charge < -0.3 is 4.90 Å². The maximum Gasteiger partial charge on any atom is 0.0469 e. The van der Waals surface area contributed by atoms with Crippen LogP contribution in [0.15, 0.2) is 16.8 Å². The molecule has 0 spiro atoms. The Morgan fingerprint density at radius 2 is 1.78 bits per heavy atom. The van der Waals surface area contributed by atoms with Gasteiger partial charge in [-0.1, -0.05) is 19.3 Å². The molecular weight excluding hydrogens is 240 g/mol. The van der Waals surface area contributed by atoms with Crippen molar-refractivity contribution in [2.24, 2.45) is 0 Å². The number of hydrogen-bond donors (Lipinski definition) is 0. The van der Waals surface area contributed by atoms with Crippen molar-refractivity contribution < 1.29 is 0 Å². The molecule has 1 aliphatic heterocycles. The molecule has 100 valence electrons. The van der Waals surface area contributed by atoms with E-state index in [1.807, 2.05) is 11.3 Å². The fourth-order valence-corrected chi connectivity index (χ4v) is 4.44. The van der Waals surface area contributed by atoms with Gasteiger partial charge >= 0.3 is 0 Å². The monoisotopic (exact) mass is 264 g/mol. The van der Waals surface area contributed by atoms with E-state index in [1.165, 1.54) is 58.3 Å². The number of nitrogens with zero attached hydrogens (tertiary/aromatic N) is 2. The quantitative estimate of drug-likeness (QED) is 0.809. The van der Waals surface area contributed by atoms with Crippen LogP contribution in [-0.2, 0) is 5.54 Å². The van der Waals surface area contributed by atoms with E-state index < -0.39 is 0 Å². The number of piperazine rings is 1. The van der Waals surface area contributed by atoms with E-state index in [0.717, 1.165) is 0 Å². The average molecular weight is 264 g/mol. The molecule has 2 aliphatic rings. The minimum atomic E-state index is 0.375. The highest BCUT2D eigenvalue weighted by Gasteiger charge is 2.40. The van der Waals surface area contributed by atoms with Crippen LogP contribution >= 0.6 is 11.3 Å². The second kappa shape index (κ2) is 5.32. The van der Waals surface area contributed by atoms with Gasteiger partial charge in [0.25, 0.3) is 0 Å². The summed E-state index contributed by atoms with van der Waals surface area (Å²) >= 11 is 1.86. The molecule has 1 saturated carbocycles. The van der Waals surface area contributed by atoms with Crippen LogP contribution in [0.25, 0.3) is 0 Å². The van der Waals surface area contributed by atoms with Crippen molar-refractivity contribution in [1.82, 2.24) is 9.80 Å². The van der Waals surface area contributed by atoms with E-state index in [4.69, 9.17) is 0 Å². The van der Waals surface area contributed by atoms with Gasteiger partial charge in [0.1, 0.15) is 0 Å². The lowest BCUT2D eigenvalue weighted by Gasteiger charge is -2.49. The molecule has 0 bridgehead atoms. The Bertz CT molecular complexity index is 360. The fourth-order valence-electron chi connectivity index (χ4n) is 3.69. The summed E-state index contributed by atoms with van der Waals surface area (Å²) in [6.45, 7) is 4.94. The van der Waals surface area contributed by atoms with E-state index in [0.29, 0.717) is 5.54 Å². The molecule has 0 N–H and O–H groups in total. The lowest BCUT2D eigenvalue weighted by Crippen LogP contribution is -2.55. The second-order valence-electron chi connectivity index (χ2n) is 5.89. The standard InChI is InChI=1S/C15H24N2S/c1-16-8-10-17(11-9-16)15(6-3-2-4-7-15)14-5-12-18-13-14/h5,12-13H,2-4,6-11H2,1H3. The predicted octanol–water partition coefficient (Wildman–Crippen LogP) is 3.15. The first kappa shape index (κ1) is 12.6. The third kappa shape index (κ3) is 2.24. The van der Waals surface area contributed by atoms with Gasteiger partial charge in [-0.05, 0) is 42.3 Å². The van der Waals surface area contributed by atoms with Crippen LogP contribution < -0.4 is 0 Å². The zero-order valence-electron chi connectivity index (χ0n) is 11.4. The molecule has 0 aromatic carbocycles. The van der Waals surface area contributed by atoms with Crippen LogP contribution in [0.1, 0.15) is 37.7 Å². The van der Waals surface area contributed by atoms with Gasteiger partial charge in [0.05, 0.1) is 0 Å². The van der Waals surface area contributed by atoms with Gasteiger partial charge in [-0.15, -0.1) is 0 Å². The van der Waals surface area contributed by atoms with Crippen LogP contribution in [0.2, 0.25) is 0 Å². The predicted molar refractivity (Wildman–Crippen MR) is 78.2 cm³/mol. The molecule has 1 aliphatic carbocycles. The molecule has 1 saturated heterocycles. The van der Waals surface area contributed by atoms with Crippen molar-refractivity contribution in [2.75, 3.05) is 33.2 Å². The highest BCUT2D eigenvalue weighted by atomic mass is 32.1. The molecule has 2 fully saturated rings. The highest BCUT2D eigenvalue weighted by molar-refractivity contribution is 7.08. The molecule has 3 rings (SSSR count). The van der Waals surface area contributed by atoms with Crippen molar-refractivity contribution in [1.29, 1.82) is 0 Å². The summed E-state index contributed by atoms with van der Waals surface area (Å²) in [4.78, 5) is 5.24. The third-order valence-corrected chi connectivity index (χ3v) is 5.53. The Morgan fingerprint density at radius 3 is 2.39 bits per heavy atom. The zero-order valence-corrected chi connectivity index (χ0v) is 12.2. The Morgan fingerprint density at radius 1 is 1.06 bits per heavy atom. The first-order valence-corrected chi connectivity index (χ1v) is 8.22. The Balaban J connectivity index is 1.85. The van der Waals surface area contributed by atoms with Crippen LogP contribution in [0.5, 0.6) is 0 Å². The normalized spacial score (nSPS) is 26.3. The summed E-state index contributed by atoms with van der Waals surface area (Å²) in [5.74, 6) is 0. The zero-order chi connectivity index (χ0) is 12.4. The number of thiophene rings is 1. The lowest BCUT2D eigenvalue weighted by atomic mass is 9.76. The molecular formula is C15H24N2S. The minimum Gasteiger partial charge on any atom is -0.304 e. The smallest absolute Gasteiger partial charge is 0.0469 e. The van der Waals surface area contributed by atoms with Gasteiger partial charge in [0, 0.05) is 31.7 Å². The Hall–Kier alpha value is -0.380. The number of hydrogen-bond acceptors (Lipinski definition) is 3. The van der Waals surface area contributed by atoms with Crippen LogP contribution in [0, 0.1) is 0 Å². The second-order valence-corrected chi connectivity index (χ2v) is 6.67. The van der Waals surface area contributed by atoms with Gasteiger partial charge in [-0.2, -0.15) is 11.3 Å². The molecule has 1 aromatic rings. The largest absolute Gasteiger partial charge is 0.304 e. The van der Waals surface area contributed by atoms with Crippen LogP contribution in [0.4, 0.5) is 0 Å². The van der Waals surface area contributed by atoms with E-state index in [9.17, 15) is 0 Å². The molecule has 0 atom stereocenters. The molecule has 2 heterocycles. The summed E-state index contributed by atoms with van der Waals surface area (Å²) in [5.41, 5.74) is 1.97. The van der Waals surface area contributed by atoms with Gasteiger partial charge in [0.2, 0.25) is 0 Å². The van der Waals surface area contributed by atoms with Gasteiger partial charge in [-0.3, -0.25) is 4.90 Å². The molecule has 0 radical (unpaired) electrons. The maximum atomic E-state index is 2.79. The molecule has 1 aromatic heterocycles. The highest BCUT2D eigenvalue weighted by Crippen LogP contribution is 2.43. The summed E-state index contributed by atoms with van der Waals surface area (Å²) in [6, 6.07) is 2.37. The molecule has 2 nitrogen and oxygen atoms in total. The topological polar surface area (TPSA) is 6.48 Å². The summed E-state index contributed by atoms with van der Waals surface area (Å²) in [5, 5.41) is 4.64. The van der Waals surface area contributed by atoms with Crippen molar-refractivity contribution in [3.05, 3.63) is 22.4 Å². The first-order chi connectivity index (χ1) is 8.81. The first-order valence-electron chi connectivity index (χ1n) is 7.27. The fraction of sp³-hybridized carbons (Fsp3) is 0.733. The van der Waals surface area contributed by atoms with Gasteiger partial charge in [0.15, 0.2) is 0 Å². The number of rotatable bonds is 2. The average Bonchev–Trinajstić information content (AvgIpc) is 2.95. The van der Waals surface area contributed by atoms with E-state index >= 15 is 0 Å². The van der Waals surface area contributed by atoms with Crippen molar-refractivity contribution in [3.63, 3.8) is 0 Å². The summed E-state index contributed by atoms with van der Waals surface area (Å²) in [7, 11) is 2.25. The van der Waals surface area contributed by atoms with Crippen molar-refractivity contribution in [3.8, 4) is 0 Å². The minimum absolute atomic E-state index is 0.375. The maximum absolute atomic E-state index is 2.79. The van der Waals surface area contributed by atoms with Crippen molar-refractivity contribution >= 4 is 11.3 Å². The molecule has 18 heavy (non-hydrogen) atoms. The lowest BCUT2D eigenvalue weighted by molar-refractivity contribution is 0.0105. The number of likely N-dealkylation sites (N-methyl/N-ethyl adjacent to an activating group) is 1. The van der Waals surface area contributed by atoms with Crippen LogP contribution in [0.3, 0.4) is 0 Å². The van der Waals surface area contributed by atoms with Crippen LogP contribution in [-0.4, -0.2) is 43.0 Å². The van der Waals surface area contributed by atoms with Crippen molar-refractivity contribution in [2.45, 2.75) is 37.6 Å². The molecule has 0 amide bonds. The SMILES string of the molecule is CN1CCN(C2(c3ccsc3)CCCCC2)CC1. The molecule has 3 heteroatoms. The van der Waals surface area contributed by atoms with Gasteiger partial charge in [-0.25, -0.2) is 0 Å². The van der Waals surface area contributed by atoms with E-state index in [1.54, 1.807) is 5.56 Å². The van der Waals surface area contributed by atoms with E-state index in [-0.39, 0.29) is 0 Å².